The first-order valence-corrected chi connectivity index (χ1v) is 14.2. The molecule has 0 aromatic heterocycles. The van der Waals surface area contributed by atoms with Gasteiger partial charge in [0, 0.05) is 0 Å². The molecule has 0 bridgehead atoms. The molecule has 0 aliphatic carbocycles. The Morgan fingerprint density at radius 2 is 1.07 bits per heavy atom. The summed E-state index contributed by atoms with van der Waals surface area (Å²) in [5.41, 5.74) is -0.874. The van der Waals surface area contributed by atoms with Crippen molar-refractivity contribution in [2.75, 3.05) is 0 Å². The molecular weight excluding hydrogens is 417 g/mol. The van der Waals surface area contributed by atoms with Gasteiger partial charge in [-0.25, -0.2) is 13.4 Å². The van der Waals surface area contributed by atoms with Crippen LogP contribution in [0.2, 0.25) is 0 Å². The van der Waals surface area contributed by atoms with E-state index in [1.165, 1.54) is 0 Å². The third-order valence-electron chi connectivity index (χ3n) is 4.17. The topological polar surface area (TPSA) is 151 Å². The molecule has 0 aliphatic heterocycles. The summed E-state index contributed by atoms with van der Waals surface area (Å²) in [6.07, 6.45) is 10.0. The Labute approximate surface area is 162 Å². The summed E-state index contributed by atoms with van der Waals surface area (Å²) >= 11 is 0. The van der Waals surface area contributed by atoms with Gasteiger partial charge in [-0.3, -0.25) is 4.57 Å². The summed E-state index contributed by atoms with van der Waals surface area (Å²) in [6, 6.07) is 0. The normalized spacial score (nSPS) is 17.0. The highest BCUT2D eigenvalue weighted by Gasteiger charge is 2.43. The maximum atomic E-state index is 12.5. The molecule has 0 aromatic carbocycles. The maximum absolute atomic E-state index is 12.5. The van der Waals surface area contributed by atoms with Crippen LogP contribution in [0.5, 0.6) is 0 Å². The molecule has 0 rings (SSSR count). The van der Waals surface area contributed by atoms with Crippen molar-refractivity contribution < 1.29 is 41.9 Å². The average Bonchev–Trinajstić information content (AvgIpc) is 2.48. The molecule has 0 saturated heterocycles. The van der Waals surface area contributed by atoms with Gasteiger partial charge in [-0.2, -0.15) is 4.31 Å². The highest BCUT2D eigenvalue weighted by atomic mass is 31.3. The number of phosphoric acid groups is 2. The van der Waals surface area contributed by atoms with Gasteiger partial charge in [-0.05, 0) is 12.8 Å². The Morgan fingerprint density at radius 1 is 0.667 bits per heavy atom. The van der Waals surface area contributed by atoms with E-state index in [0.717, 1.165) is 51.4 Å². The lowest BCUT2D eigenvalue weighted by Gasteiger charge is -2.24. The molecule has 0 spiro atoms. The van der Waals surface area contributed by atoms with Crippen LogP contribution >= 0.6 is 23.2 Å². The van der Waals surface area contributed by atoms with Crippen molar-refractivity contribution in [3.8, 4) is 0 Å². The number of hydrogen-bond acceptors (Lipinski definition) is 5. The Kier molecular flexibility index (Phi) is 13.9. The summed E-state index contributed by atoms with van der Waals surface area (Å²) < 4.78 is 42.9. The van der Waals surface area contributed by atoms with E-state index in [-0.39, 0.29) is 0 Å². The largest absolute Gasteiger partial charge is 0.488 e. The van der Waals surface area contributed by atoms with Gasteiger partial charge >= 0.3 is 23.2 Å². The molecule has 0 heterocycles. The first-order chi connectivity index (χ1) is 12.4. The van der Waals surface area contributed by atoms with Crippen LogP contribution in [0.1, 0.15) is 90.9 Å². The minimum absolute atomic E-state index is 0.335. The van der Waals surface area contributed by atoms with Gasteiger partial charge in [0.2, 0.25) is 0 Å². The monoisotopic (exact) mass is 452 g/mol. The third-order valence-corrected chi connectivity index (χ3v) is 9.05. The molecule has 2 atom stereocenters. The molecule has 0 aromatic rings. The van der Waals surface area contributed by atoms with Gasteiger partial charge in [0.15, 0.2) is 0 Å². The fraction of sp³-hybridized carbons (Fsp3) is 1.00. The second-order valence-electron chi connectivity index (χ2n) is 6.75. The lowest BCUT2D eigenvalue weighted by molar-refractivity contribution is 0.220. The molecule has 164 valence electrons. The van der Waals surface area contributed by atoms with E-state index in [1.807, 2.05) is 0 Å². The van der Waals surface area contributed by atoms with E-state index in [9.17, 15) is 23.5 Å². The van der Waals surface area contributed by atoms with Crippen LogP contribution in [0.25, 0.3) is 0 Å². The minimum atomic E-state index is -5.37. The van der Waals surface area contributed by atoms with E-state index in [1.54, 1.807) is 0 Å². The molecule has 9 nitrogen and oxygen atoms in total. The summed E-state index contributed by atoms with van der Waals surface area (Å²) in [6.45, 7) is 4.16. The van der Waals surface area contributed by atoms with Crippen LogP contribution in [0.3, 0.4) is 0 Å². The zero-order valence-corrected chi connectivity index (χ0v) is 18.9. The number of unbranched alkanes of at least 4 members (excludes halogenated alkanes) is 8. The molecule has 4 N–H and O–H groups in total. The van der Waals surface area contributed by atoms with Crippen LogP contribution in [0, 0.1) is 0 Å². The predicted molar refractivity (Wildman–Crippen MR) is 104 cm³/mol. The minimum Gasteiger partial charge on any atom is -0.324 e. The molecule has 0 fully saturated rings. The number of hydrogen-bond donors (Lipinski definition) is 4. The van der Waals surface area contributed by atoms with Gasteiger partial charge in [0.25, 0.3) is 0 Å². The molecule has 27 heavy (non-hydrogen) atoms. The fourth-order valence-corrected chi connectivity index (χ4v) is 7.00. The molecule has 12 heteroatoms. The van der Waals surface area contributed by atoms with E-state index in [2.05, 4.69) is 22.5 Å². The van der Waals surface area contributed by atoms with Crippen LogP contribution in [0.15, 0.2) is 0 Å². The zero-order chi connectivity index (χ0) is 21.0. The second-order valence-corrected chi connectivity index (χ2v) is 11.8. The molecule has 2 unspecified atom stereocenters. The van der Waals surface area contributed by atoms with E-state index >= 15 is 0 Å². The highest BCUT2D eigenvalue weighted by Crippen LogP contribution is 2.68. The third kappa shape index (κ3) is 15.0. The number of rotatable bonds is 17. The molecule has 0 radical (unpaired) electrons. The van der Waals surface area contributed by atoms with Crippen molar-refractivity contribution in [2.45, 2.75) is 96.6 Å². The van der Waals surface area contributed by atoms with Gasteiger partial charge in [-0.15, -0.1) is 0 Å². The van der Waals surface area contributed by atoms with Crippen molar-refractivity contribution in [1.29, 1.82) is 0 Å². The Bertz CT molecular complexity index is 521. The SMILES string of the molecule is CCCCCCCC(CCCCCCC)P(=O)(O)OP(=O)(O)OP(=O)(O)O. The van der Waals surface area contributed by atoms with Crippen molar-refractivity contribution in [1.82, 2.24) is 0 Å². The van der Waals surface area contributed by atoms with Crippen molar-refractivity contribution >= 4 is 23.2 Å². The second kappa shape index (κ2) is 13.6. The van der Waals surface area contributed by atoms with E-state index < -0.39 is 28.9 Å². The standard InChI is InChI=1S/C15H35O9P3/c1-3-5-7-9-11-13-15(14-12-10-8-6-4-2)25(16,17)23-27(21,22)24-26(18,19)20/h15H,3-14H2,1-2H3,(H,16,17)(H,21,22)(H2,18,19,20). The highest BCUT2D eigenvalue weighted by molar-refractivity contribution is 7.68. The van der Waals surface area contributed by atoms with Crippen molar-refractivity contribution in [3.05, 3.63) is 0 Å². The predicted octanol–water partition coefficient (Wildman–Crippen LogP) is 5.49. The van der Waals surface area contributed by atoms with Crippen LogP contribution in [-0.2, 0) is 22.3 Å². The Hall–Kier alpha value is 0.450. The van der Waals surface area contributed by atoms with Gasteiger partial charge in [-0.1, -0.05) is 78.1 Å². The Morgan fingerprint density at radius 3 is 1.44 bits per heavy atom. The van der Waals surface area contributed by atoms with Crippen molar-refractivity contribution in [3.63, 3.8) is 0 Å². The quantitative estimate of drug-likeness (QED) is 0.166. The van der Waals surface area contributed by atoms with Gasteiger partial charge < -0.3 is 19.6 Å². The first-order valence-electron chi connectivity index (χ1n) is 9.57. The van der Waals surface area contributed by atoms with Crippen LogP contribution < -0.4 is 0 Å². The van der Waals surface area contributed by atoms with Crippen molar-refractivity contribution in [2.24, 2.45) is 0 Å². The van der Waals surface area contributed by atoms with Gasteiger partial charge in [0.1, 0.15) is 0 Å². The molecule has 0 aliphatic rings. The lowest BCUT2D eigenvalue weighted by Crippen LogP contribution is -2.11. The first kappa shape index (κ1) is 27.5. The summed E-state index contributed by atoms with van der Waals surface area (Å²) in [4.78, 5) is 36.9. The maximum Gasteiger partial charge on any atom is 0.488 e. The smallest absolute Gasteiger partial charge is 0.324 e. The van der Waals surface area contributed by atoms with E-state index in [4.69, 9.17) is 9.79 Å². The lowest BCUT2D eigenvalue weighted by atomic mass is 10.0. The van der Waals surface area contributed by atoms with E-state index in [0.29, 0.717) is 25.7 Å². The molecule has 0 saturated carbocycles. The molecule has 0 amide bonds. The average molecular weight is 452 g/mol. The Balaban J connectivity index is 4.87. The van der Waals surface area contributed by atoms with Crippen LogP contribution in [-0.4, -0.2) is 25.2 Å². The summed E-state index contributed by atoms with van der Waals surface area (Å²) in [5, 5.41) is 0. The zero-order valence-electron chi connectivity index (χ0n) is 16.2. The summed E-state index contributed by atoms with van der Waals surface area (Å²) in [5.74, 6) is 0. The summed E-state index contributed by atoms with van der Waals surface area (Å²) in [7, 11) is -15.3. The van der Waals surface area contributed by atoms with Crippen LogP contribution in [0.4, 0.5) is 0 Å². The van der Waals surface area contributed by atoms with Gasteiger partial charge in [0.05, 0.1) is 5.66 Å². The fourth-order valence-electron chi connectivity index (χ4n) is 2.80. The molecular formula is C15H35O9P3.